The Balaban J connectivity index is 2.20. The molecule has 0 bridgehead atoms. The summed E-state index contributed by atoms with van der Waals surface area (Å²) in [5.74, 6) is -0.993. The van der Waals surface area contributed by atoms with Crippen molar-refractivity contribution in [3.63, 3.8) is 0 Å². The molecule has 0 aliphatic carbocycles. The highest BCUT2D eigenvalue weighted by Crippen LogP contribution is 2.21. The second-order valence-corrected chi connectivity index (χ2v) is 6.13. The Hall–Kier alpha value is -2.40. The smallest absolute Gasteiger partial charge is 0.257 e. The number of nitrogens with one attached hydrogen (secondary N) is 2. The molecule has 2 amide bonds. The molecule has 0 spiro atoms. The predicted octanol–water partition coefficient (Wildman–Crippen LogP) is 4.12. The Morgan fingerprint density at radius 3 is 2.46 bits per heavy atom. The van der Waals surface area contributed by atoms with Crippen molar-refractivity contribution in [1.29, 1.82) is 0 Å². The molecule has 0 heterocycles. The summed E-state index contributed by atoms with van der Waals surface area (Å²) in [6.07, 6.45) is 0. The van der Waals surface area contributed by atoms with Crippen molar-refractivity contribution < 1.29 is 14.0 Å². The van der Waals surface area contributed by atoms with Crippen LogP contribution in [0.2, 0.25) is 5.02 Å². The zero-order chi connectivity index (χ0) is 17.7. The summed E-state index contributed by atoms with van der Waals surface area (Å²) in [4.78, 5) is 24.6. The lowest BCUT2D eigenvalue weighted by Gasteiger charge is -2.13. The first-order chi connectivity index (χ1) is 11.4. The lowest BCUT2D eigenvalue weighted by atomic mass is 10.1. The normalized spacial score (nSPS) is 10.5. The Labute approximate surface area is 145 Å². The molecule has 6 heteroatoms. The van der Waals surface area contributed by atoms with Crippen LogP contribution in [0.15, 0.2) is 42.5 Å². The van der Waals surface area contributed by atoms with E-state index in [-0.39, 0.29) is 16.5 Å². The van der Waals surface area contributed by atoms with E-state index in [0.29, 0.717) is 23.7 Å². The second-order valence-electron chi connectivity index (χ2n) is 5.73. The van der Waals surface area contributed by atoms with E-state index in [4.69, 9.17) is 11.6 Å². The molecule has 0 aliphatic rings. The number of amides is 2. The van der Waals surface area contributed by atoms with E-state index in [1.807, 2.05) is 13.8 Å². The molecule has 24 heavy (non-hydrogen) atoms. The van der Waals surface area contributed by atoms with Gasteiger partial charge in [-0.15, -0.1) is 0 Å². The Morgan fingerprint density at radius 1 is 1.08 bits per heavy atom. The largest absolute Gasteiger partial charge is 0.352 e. The van der Waals surface area contributed by atoms with Crippen LogP contribution in [0.5, 0.6) is 0 Å². The zero-order valence-electron chi connectivity index (χ0n) is 13.4. The van der Waals surface area contributed by atoms with E-state index in [9.17, 15) is 14.0 Å². The van der Waals surface area contributed by atoms with Crippen LogP contribution in [0, 0.1) is 11.7 Å². The molecule has 4 nitrogen and oxygen atoms in total. The second kappa shape index (κ2) is 7.93. The molecular formula is C18H18ClFN2O2. The molecule has 2 rings (SSSR count). The Bertz CT molecular complexity index is 762. The number of para-hydroxylation sites is 1. The molecule has 0 saturated carbocycles. The Morgan fingerprint density at radius 2 is 1.79 bits per heavy atom. The molecule has 0 radical (unpaired) electrons. The highest BCUT2D eigenvalue weighted by Gasteiger charge is 2.16. The van der Waals surface area contributed by atoms with Gasteiger partial charge in [0.25, 0.3) is 11.8 Å². The summed E-state index contributed by atoms with van der Waals surface area (Å²) >= 11 is 5.90. The van der Waals surface area contributed by atoms with Gasteiger partial charge < -0.3 is 10.6 Å². The highest BCUT2D eigenvalue weighted by atomic mass is 35.5. The van der Waals surface area contributed by atoms with Crippen molar-refractivity contribution in [2.75, 3.05) is 11.9 Å². The SMILES string of the molecule is CC(C)CNC(=O)c1ccccc1NC(=O)c1ccc(F)cc1Cl. The third-order valence-corrected chi connectivity index (χ3v) is 3.58. The summed E-state index contributed by atoms with van der Waals surface area (Å²) in [6, 6.07) is 10.2. The first kappa shape index (κ1) is 17.9. The average Bonchev–Trinajstić information content (AvgIpc) is 2.53. The summed E-state index contributed by atoms with van der Waals surface area (Å²) in [5.41, 5.74) is 0.851. The average molecular weight is 349 g/mol. The molecule has 126 valence electrons. The predicted molar refractivity (Wildman–Crippen MR) is 93.0 cm³/mol. The zero-order valence-corrected chi connectivity index (χ0v) is 14.2. The van der Waals surface area contributed by atoms with E-state index in [1.165, 1.54) is 6.07 Å². The molecule has 0 fully saturated rings. The fraction of sp³-hybridized carbons (Fsp3) is 0.222. The third-order valence-electron chi connectivity index (χ3n) is 3.27. The van der Waals surface area contributed by atoms with Gasteiger partial charge in [0, 0.05) is 6.54 Å². The first-order valence-corrected chi connectivity index (χ1v) is 7.90. The van der Waals surface area contributed by atoms with E-state index in [1.54, 1.807) is 24.3 Å². The fourth-order valence-electron chi connectivity index (χ4n) is 2.05. The molecule has 0 atom stereocenters. The monoisotopic (exact) mass is 348 g/mol. The number of carbonyl (C=O) groups is 2. The highest BCUT2D eigenvalue weighted by molar-refractivity contribution is 6.34. The minimum Gasteiger partial charge on any atom is -0.352 e. The van der Waals surface area contributed by atoms with Crippen LogP contribution in [-0.2, 0) is 0 Å². The van der Waals surface area contributed by atoms with Crippen molar-refractivity contribution in [1.82, 2.24) is 5.32 Å². The van der Waals surface area contributed by atoms with Crippen LogP contribution < -0.4 is 10.6 Å². The number of hydrogen-bond donors (Lipinski definition) is 2. The van der Waals surface area contributed by atoms with E-state index in [0.717, 1.165) is 12.1 Å². The van der Waals surface area contributed by atoms with E-state index >= 15 is 0 Å². The van der Waals surface area contributed by atoms with Crippen molar-refractivity contribution in [3.05, 3.63) is 64.4 Å². The number of carbonyl (C=O) groups excluding carboxylic acids is 2. The van der Waals surface area contributed by atoms with Gasteiger partial charge in [-0.3, -0.25) is 9.59 Å². The maximum absolute atomic E-state index is 13.1. The van der Waals surface area contributed by atoms with Crippen molar-refractivity contribution in [2.24, 2.45) is 5.92 Å². The molecule has 2 aromatic rings. The van der Waals surface area contributed by atoms with Crippen LogP contribution in [0.4, 0.5) is 10.1 Å². The quantitative estimate of drug-likeness (QED) is 0.854. The maximum Gasteiger partial charge on any atom is 0.257 e. The molecular weight excluding hydrogens is 331 g/mol. The summed E-state index contributed by atoms with van der Waals surface area (Å²) in [7, 11) is 0. The van der Waals surface area contributed by atoms with Crippen LogP contribution >= 0.6 is 11.6 Å². The molecule has 2 N–H and O–H groups in total. The molecule has 0 unspecified atom stereocenters. The lowest BCUT2D eigenvalue weighted by Crippen LogP contribution is -2.28. The number of anilines is 1. The number of hydrogen-bond acceptors (Lipinski definition) is 2. The van der Waals surface area contributed by atoms with Gasteiger partial charge in [-0.25, -0.2) is 4.39 Å². The summed E-state index contributed by atoms with van der Waals surface area (Å²) in [5, 5.41) is 5.46. The standard InChI is InChI=1S/C18H18ClFN2O2/c1-11(2)10-21-17(23)14-5-3-4-6-16(14)22-18(24)13-8-7-12(20)9-15(13)19/h3-9,11H,10H2,1-2H3,(H,21,23)(H,22,24). The van der Waals surface area contributed by atoms with Gasteiger partial charge in [0.1, 0.15) is 5.82 Å². The van der Waals surface area contributed by atoms with Gasteiger partial charge in [-0.1, -0.05) is 37.6 Å². The molecule has 0 saturated heterocycles. The van der Waals surface area contributed by atoms with E-state index < -0.39 is 11.7 Å². The molecule has 0 aliphatic heterocycles. The summed E-state index contributed by atoms with van der Waals surface area (Å²) < 4.78 is 13.1. The number of benzene rings is 2. The van der Waals surface area contributed by atoms with Gasteiger partial charge in [0.05, 0.1) is 21.8 Å². The van der Waals surface area contributed by atoms with Crippen LogP contribution in [0.25, 0.3) is 0 Å². The van der Waals surface area contributed by atoms with Crippen LogP contribution in [-0.4, -0.2) is 18.4 Å². The van der Waals surface area contributed by atoms with Crippen molar-refractivity contribution in [3.8, 4) is 0 Å². The van der Waals surface area contributed by atoms with Crippen molar-refractivity contribution >= 4 is 29.1 Å². The maximum atomic E-state index is 13.1. The molecule has 0 aromatic heterocycles. The van der Waals surface area contributed by atoms with Gasteiger partial charge in [0.15, 0.2) is 0 Å². The topological polar surface area (TPSA) is 58.2 Å². The minimum atomic E-state index is -0.523. The number of halogens is 2. The Kier molecular flexibility index (Phi) is 5.93. The van der Waals surface area contributed by atoms with Gasteiger partial charge >= 0.3 is 0 Å². The van der Waals surface area contributed by atoms with Gasteiger partial charge in [-0.05, 0) is 36.2 Å². The first-order valence-electron chi connectivity index (χ1n) is 7.52. The van der Waals surface area contributed by atoms with E-state index in [2.05, 4.69) is 10.6 Å². The van der Waals surface area contributed by atoms with Gasteiger partial charge in [-0.2, -0.15) is 0 Å². The third kappa shape index (κ3) is 4.55. The van der Waals surface area contributed by atoms with Crippen LogP contribution in [0.1, 0.15) is 34.6 Å². The molecule has 2 aromatic carbocycles. The number of rotatable bonds is 5. The fourth-order valence-corrected chi connectivity index (χ4v) is 2.30. The van der Waals surface area contributed by atoms with Gasteiger partial charge in [0.2, 0.25) is 0 Å². The lowest BCUT2D eigenvalue weighted by molar-refractivity contribution is 0.0950. The van der Waals surface area contributed by atoms with Crippen molar-refractivity contribution in [2.45, 2.75) is 13.8 Å². The van der Waals surface area contributed by atoms with Crippen LogP contribution in [0.3, 0.4) is 0 Å². The summed E-state index contributed by atoms with van der Waals surface area (Å²) in [6.45, 7) is 4.51. The minimum absolute atomic E-state index is 0.00856.